The van der Waals surface area contributed by atoms with Gasteiger partial charge in [-0.1, -0.05) is 0 Å². The first-order valence-corrected chi connectivity index (χ1v) is 7.44. The van der Waals surface area contributed by atoms with Crippen LogP contribution in [0.3, 0.4) is 0 Å². The third-order valence-corrected chi connectivity index (χ3v) is 3.59. The van der Waals surface area contributed by atoms with Gasteiger partial charge in [-0.25, -0.2) is 0 Å². The molecule has 1 aromatic rings. The fourth-order valence-electron chi connectivity index (χ4n) is 2.32. The van der Waals surface area contributed by atoms with E-state index in [9.17, 15) is 0 Å². The number of aryl methyl sites for hydroxylation is 2. The molecule has 0 bridgehead atoms. The molecule has 0 aromatic carbocycles. The molecule has 0 aliphatic rings. The van der Waals surface area contributed by atoms with Crippen LogP contribution in [0.1, 0.15) is 30.3 Å². The van der Waals surface area contributed by atoms with Gasteiger partial charge in [0.1, 0.15) is 0 Å². The molecule has 1 unspecified atom stereocenters. The zero-order valence-electron chi connectivity index (χ0n) is 14.6. The number of rotatable bonds is 7. The molecule has 0 saturated carbocycles. The van der Waals surface area contributed by atoms with Crippen LogP contribution in [0, 0.1) is 13.8 Å². The minimum Gasteiger partial charge on any atom is -0.385 e. The summed E-state index contributed by atoms with van der Waals surface area (Å²) in [6, 6.07) is 0.292. The summed E-state index contributed by atoms with van der Waals surface area (Å²) in [4.78, 5) is 4.25. The Bertz CT molecular complexity index is 473. The van der Waals surface area contributed by atoms with E-state index in [1.165, 1.54) is 11.3 Å². The fourth-order valence-corrected chi connectivity index (χ4v) is 2.32. The SMILES string of the molecule is CN=C(NCCCOC)NC(C)Cc1c(C)nn(C)c1C.I. The summed E-state index contributed by atoms with van der Waals surface area (Å²) in [6.07, 6.45) is 1.90. The zero-order valence-corrected chi connectivity index (χ0v) is 16.9. The highest BCUT2D eigenvalue weighted by molar-refractivity contribution is 14.0. The van der Waals surface area contributed by atoms with Crippen LogP contribution in [-0.2, 0) is 18.2 Å². The van der Waals surface area contributed by atoms with Crippen LogP contribution in [0.25, 0.3) is 0 Å². The van der Waals surface area contributed by atoms with E-state index in [1.807, 2.05) is 11.7 Å². The smallest absolute Gasteiger partial charge is 0.191 e. The molecule has 7 heteroatoms. The highest BCUT2D eigenvalue weighted by Gasteiger charge is 2.13. The van der Waals surface area contributed by atoms with E-state index in [-0.39, 0.29) is 24.0 Å². The van der Waals surface area contributed by atoms with Gasteiger partial charge in [-0.2, -0.15) is 5.10 Å². The van der Waals surface area contributed by atoms with Crippen molar-refractivity contribution in [2.24, 2.45) is 12.0 Å². The molecule has 0 aliphatic carbocycles. The third-order valence-electron chi connectivity index (χ3n) is 3.59. The second-order valence-electron chi connectivity index (χ2n) is 5.37. The summed E-state index contributed by atoms with van der Waals surface area (Å²) in [5, 5.41) is 11.2. The van der Waals surface area contributed by atoms with Gasteiger partial charge < -0.3 is 15.4 Å². The maximum atomic E-state index is 5.04. The molecule has 2 N–H and O–H groups in total. The van der Waals surface area contributed by atoms with Gasteiger partial charge in [-0.3, -0.25) is 9.67 Å². The van der Waals surface area contributed by atoms with Gasteiger partial charge in [0, 0.05) is 46.1 Å². The van der Waals surface area contributed by atoms with Crippen LogP contribution in [0.4, 0.5) is 0 Å². The minimum atomic E-state index is 0. The molecule has 1 rings (SSSR count). The molecule has 1 heterocycles. The molecule has 1 aromatic heterocycles. The molecular weight excluding hydrogens is 393 g/mol. The first-order chi connectivity index (χ1) is 9.99. The molecule has 0 amide bonds. The molecule has 22 heavy (non-hydrogen) atoms. The molecular formula is C15H30IN5O. The van der Waals surface area contributed by atoms with Gasteiger partial charge in [-0.05, 0) is 39.2 Å². The summed E-state index contributed by atoms with van der Waals surface area (Å²) in [7, 11) is 5.49. The number of hydrogen-bond donors (Lipinski definition) is 2. The number of aliphatic imine (C=N–C) groups is 1. The van der Waals surface area contributed by atoms with Gasteiger partial charge in [0.25, 0.3) is 0 Å². The largest absolute Gasteiger partial charge is 0.385 e. The van der Waals surface area contributed by atoms with Crippen LogP contribution < -0.4 is 10.6 Å². The van der Waals surface area contributed by atoms with Crippen LogP contribution >= 0.6 is 24.0 Å². The van der Waals surface area contributed by atoms with E-state index in [0.29, 0.717) is 6.04 Å². The van der Waals surface area contributed by atoms with Crippen molar-refractivity contribution in [3.05, 3.63) is 17.0 Å². The van der Waals surface area contributed by atoms with E-state index < -0.39 is 0 Å². The topological polar surface area (TPSA) is 63.5 Å². The van der Waals surface area contributed by atoms with Crippen molar-refractivity contribution in [1.29, 1.82) is 0 Å². The number of guanidine groups is 1. The number of nitrogens with zero attached hydrogens (tertiary/aromatic N) is 3. The Morgan fingerprint density at radius 3 is 2.59 bits per heavy atom. The van der Waals surface area contributed by atoms with Gasteiger partial charge in [0.2, 0.25) is 0 Å². The number of methoxy groups -OCH3 is 1. The van der Waals surface area contributed by atoms with Crippen LogP contribution in [0.15, 0.2) is 4.99 Å². The van der Waals surface area contributed by atoms with E-state index in [1.54, 1.807) is 14.2 Å². The number of nitrogens with one attached hydrogen (secondary N) is 2. The lowest BCUT2D eigenvalue weighted by Gasteiger charge is -2.18. The third kappa shape index (κ3) is 6.51. The summed E-state index contributed by atoms with van der Waals surface area (Å²) in [5.74, 6) is 0.831. The molecule has 0 saturated heterocycles. The van der Waals surface area contributed by atoms with Crippen molar-refractivity contribution in [3.63, 3.8) is 0 Å². The average Bonchev–Trinajstić information content (AvgIpc) is 2.68. The maximum Gasteiger partial charge on any atom is 0.191 e. The number of halogens is 1. The summed E-state index contributed by atoms with van der Waals surface area (Å²) in [6.45, 7) is 7.94. The molecule has 0 aliphatic heterocycles. The predicted molar refractivity (Wildman–Crippen MR) is 102 cm³/mol. The first kappa shape index (κ1) is 21.2. The lowest BCUT2D eigenvalue weighted by molar-refractivity contribution is 0.195. The Labute approximate surface area is 151 Å². The summed E-state index contributed by atoms with van der Waals surface area (Å²) < 4.78 is 6.98. The summed E-state index contributed by atoms with van der Waals surface area (Å²) in [5.41, 5.74) is 3.64. The molecule has 0 spiro atoms. The minimum absolute atomic E-state index is 0. The van der Waals surface area contributed by atoms with E-state index in [2.05, 4.69) is 41.5 Å². The van der Waals surface area contributed by atoms with Crippen LogP contribution in [-0.4, -0.2) is 49.1 Å². The monoisotopic (exact) mass is 423 g/mol. The Morgan fingerprint density at radius 2 is 2.09 bits per heavy atom. The van der Waals surface area contributed by atoms with E-state index >= 15 is 0 Å². The van der Waals surface area contributed by atoms with Crippen molar-refractivity contribution in [2.45, 2.75) is 39.7 Å². The molecule has 6 nitrogen and oxygen atoms in total. The van der Waals surface area contributed by atoms with Crippen LogP contribution in [0.5, 0.6) is 0 Å². The molecule has 1 atom stereocenters. The Kier molecular flexibility index (Phi) is 10.4. The maximum absolute atomic E-state index is 5.04. The van der Waals surface area contributed by atoms with Gasteiger partial charge >= 0.3 is 0 Å². The van der Waals surface area contributed by atoms with Crippen molar-refractivity contribution in [1.82, 2.24) is 20.4 Å². The van der Waals surface area contributed by atoms with Gasteiger partial charge in [0.05, 0.1) is 5.69 Å². The number of hydrogen-bond acceptors (Lipinski definition) is 3. The second-order valence-corrected chi connectivity index (χ2v) is 5.37. The molecule has 0 radical (unpaired) electrons. The standard InChI is InChI=1S/C15H29N5O.HI/c1-11(10-14-12(2)19-20(5)13(14)3)18-15(16-4)17-8-7-9-21-6;/h11H,7-10H2,1-6H3,(H2,16,17,18);1H. The zero-order chi connectivity index (χ0) is 15.8. The van der Waals surface area contributed by atoms with E-state index in [4.69, 9.17) is 4.74 Å². The van der Waals surface area contributed by atoms with Crippen molar-refractivity contribution in [2.75, 3.05) is 27.3 Å². The Morgan fingerprint density at radius 1 is 1.41 bits per heavy atom. The molecule has 128 valence electrons. The number of ether oxygens (including phenoxy) is 1. The van der Waals surface area contributed by atoms with Crippen LogP contribution in [0.2, 0.25) is 0 Å². The average molecular weight is 423 g/mol. The number of aromatic nitrogens is 2. The predicted octanol–water partition coefficient (Wildman–Crippen LogP) is 1.79. The normalized spacial score (nSPS) is 12.7. The quantitative estimate of drug-likeness (QED) is 0.304. The summed E-state index contributed by atoms with van der Waals surface area (Å²) >= 11 is 0. The highest BCUT2D eigenvalue weighted by Crippen LogP contribution is 2.13. The van der Waals surface area contributed by atoms with Crippen molar-refractivity contribution >= 4 is 29.9 Å². The lowest BCUT2D eigenvalue weighted by Crippen LogP contribution is -2.43. The van der Waals surface area contributed by atoms with Crippen molar-refractivity contribution < 1.29 is 4.74 Å². The van der Waals surface area contributed by atoms with Gasteiger partial charge in [0.15, 0.2) is 5.96 Å². The first-order valence-electron chi connectivity index (χ1n) is 7.44. The van der Waals surface area contributed by atoms with Crippen molar-refractivity contribution in [3.8, 4) is 0 Å². The lowest BCUT2D eigenvalue weighted by atomic mass is 10.1. The second kappa shape index (κ2) is 10.8. The Hall–Kier alpha value is -0.830. The van der Waals surface area contributed by atoms with Gasteiger partial charge in [-0.15, -0.1) is 24.0 Å². The Balaban J connectivity index is 0.00000441. The fraction of sp³-hybridized carbons (Fsp3) is 0.733. The van der Waals surface area contributed by atoms with E-state index in [0.717, 1.165) is 37.6 Å². The highest BCUT2D eigenvalue weighted by atomic mass is 127. The molecule has 0 fully saturated rings.